The molecule has 1 aliphatic heterocycles. The predicted octanol–water partition coefficient (Wildman–Crippen LogP) is 1.72. The Bertz CT molecular complexity index is 229. The van der Waals surface area contributed by atoms with Gasteiger partial charge in [-0.1, -0.05) is 6.42 Å². The van der Waals surface area contributed by atoms with Crippen molar-refractivity contribution in [3.8, 4) is 0 Å². The Morgan fingerprint density at radius 1 is 1.20 bits per heavy atom. The number of hydrogen-bond donors (Lipinski definition) is 2. The van der Waals surface area contributed by atoms with Gasteiger partial charge in [0.05, 0.1) is 5.92 Å². The Hall–Kier alpha value is -0.220. The lowest BCUT2D eigenvalue weighted by Crippen LogP contribution is -2.31. The maximum Gasteiger partial charge on any atom is 0.307 e. The molecule has 0 spiro atoms. The van der Waals surface area contributed by atoms with Crippen LogP contribution in [0, 0.1) is 5.92 Å². The molecular weight excluding hydrogens is 210 g/mol. The second kappa shape index (κ2) is 5.21. The second-order valence-corrected chi connectivity index (χ2v) is 6.04. The predicted molar refractivity (Wildman–Crippen MR) is 62.2 cm³/mol. The lowest BCUT2D eigenvalue weighted by molar-refractivity contribution is -0.141. The van der Waals surface area contributed by atoms with Crippen LogP contribution in [0.25, 0.3) is 0 Å². The van der Waals surface area contributed by atoms with Gasteiger partial charge < -0.3 is 10.4 Å². The van der Waals surface area contributed by atoms with E-state index in [0.29, 0.717) is 10.5 Å². The van der Waals surface area contributed by atoms with Crippen LogP contribution < -0.4 is 5.32 Å². The summed E-state index contributed by atoms with van der Waals surface area (Å²) in [5.41, 5.74) is 0. The molecule has 0 aromatic rings. The fourth-order valence-electron chi connectivity index (χ4n) is 2.55. The molecule has 0 aromatic heterocycles. The molecule has 0 bridgehead atoms. The van der Waals surface area contributed by atoms with Crippen LogP contribution in [-0.4, -0.2) is 34.7 Å². The van der Waals surface area contributed by atoms with Gasteiger partial charge in [-0.15, -0.1) is 0 Å². The van der Waals surface area contributed by atoms with Crippen LogP contribution in [0.3, 0.4) is 0 Å². The third-order valence-corrected chi connectivity index (χ3v) is 5.19. The monoisotopic (exact) mass is 229 g/mol. The van der Waals surface area contributed by atoms with E-state index in [1.165, 1.54) is 12.8 Å². The van der Waals surface area contributed by atoms with Gasteiger partial charge in [0.1, 0.15) is 0 Å². The van der Waals surface area contributed by atoms with Gasteiger partial charge in [-0.25, -0.2) is 0 Å². The SMILES string of the molecule is O=C(O)C1CCCC1SC1CCNCC1. The van der Waals surface area contributed by atoms with E-state index >= 15 is 0 Å². The van der Waals surface area contributed by atoms with Crippen molar-refractivity contribution in [1.29, 1.82) is 0 Å². The largest absolute Gasteiger partial charge is 0.481 e. The Labute approximate surface area is 95.0 Å². The summed E-state index contributed by atoms with van der Waals surface area (Å²) in [7, 11) is 0. The number of carboxylic acids is 1. The Morgan fingerprint density at radius 2 is 1.93 bits per heavy atom. The van der Waals surface area contributed by atoms with Crippen molar-refractivity contribution in [2.24, 2.45) is 5.92 Å². The molecule has 0 radical (unpaired) electrons. The van der Waals surface area contributed by atoms with Gasteiger partial charge in [0.25, 0.3) is 0 Å². The molecule has 1 aliphatic carbocycles. The van der Waals surface area contributed by atoms with Crippen molar-refractivity contribution >= 4 is 17.7 Å². The number of aliphatic carboxylic acids is 1. The van der Waals surface area contributed by atoms with E-state index in [-0.39, 0.29) is 5.92 Å². The molecule has 2 unspecified atom stereocenters. The van der Waals surface area contributed by atoms with Crippen LogP contribution in [-0.2, 0) is 4.79 Å². The van der Waals surface area contributed by atoms with E-state index in [9.17, 15) is 4.79 Å². The Morgan fingerprint density at radius 3 is 2.60 bits per heavy atom. The first-order valence-corrected chi connectivity index (χ1v) is 6.80. The fourth-order valence-corrected chi connectivity index (χ4v) is 4.30. The molecular formula is C11H19NO2S. The first-order valence-electron chi connectivity index (χ1n) is 5.86. The molecule has 15 heavy (non-hydrogen) atoms. The molecule has 2 fully saturated rings. The zero-order valence-corrected chi connectivity index (χ0v) is 9.76. The van der Waals surface area contributed by atoms with Gasteiger partial charge in [0.15, 0.2) is 0 Å². The van der Waals surface area contributed by atoms with Crippen molar-refractivity contribution < 1.29 is 9.90 Å². The summed E-state index contributed by atoms with van der Waals surface area (Å²) in [5.74, 6) is -0.663. The van der Waals surface area contributed by atoms with Crippen LogP contribution >= 0.6 is 11.8 Å². The Balaban J connectivity index is 1.84. The molecule has 2 aliphatic rings. The van der Waals surface area contributed by atoms with Gasteiger partial charge in [0.2, 0.25) is 0 Å². The van der Waals surface area contributed by atoms with Crippen LogP contribution in [0.2, 0.25) is 0 Å². The maximum absolute atomic E-state index is 11.0. The first kappa shape index (κ1) is 11.3. The molecule has 3 nitrogen and oxygen atoms in total. The number of carboxylic acid groups (broad SMARTS) is 1. The normalized spacial score (nSPS) is 33.1. The molecule has 2 atom stereocenters. The van der Waals surface area contributed by atoms with E-state index in [1.54, 1.807) is 0 Å². The summed E-state index contributed by atoms with van der Waals surface area (Å²) >= 11 is 1.94. The quantitative estimate of drug-likeness (QED) is 0.773. The van der Waals surface area contributed by atoms with E-state index in [0.717, 1.165) is 32.4 Å². The Kier molecular flexibility index (Phi) is 3.92. The van der Waals surface area contributed by atoms with Gasteiger partial charge >= 0.3 is 5.97 Å². The topological polar surface area (TPSA) is 49.3 Å². The van der Waals surface area contributed by atoms with E-state index in [2.05, 4.69) is 5.32 Å². The molecule has 2 N–H and O–H groups in total. The highest BCUT2D eigenvalue weighted by Crippen LogP contribution is 2.39. The molecule has 1 heterocycles. The van der Waals surface area contributed by atoms with Crippen molar-refractivity contribution in [2.75, 3.05) is 13.1 Å². The minimum Gasteiger partial charge on any atom is -0.481 e. The zero-order valence-electron chi connectivity index (χ0n) is 8.95. The highest BCUT2D eigenvalue weighted by atomic mass is 32.2. The van der Waals surface area contributed by atoms with Crippen molar-refractivity contribution in [3.63, 3.8) is 0 Å². The summed E-state index contributed by atoms with van der Waals surface area (Å²) in [6.07, 6.45) is 5.49. The number of hydrogen-bond acceptors (Lipinski definition) is 3. The summed E-state index contributed by atoms with van der Waals surface area (Å²) in [4.78, 5) is 11.0. The van der Waals surface area contributed by atoms with E-state index in [4.69, 9.17) is 5.11 Å². The standard InChI is InChI=1S/C11H19NO2S/c13-11(14)9-2-1-3-10(9)15-8-4-6-12-7-5-8/h8-10,12H,1-7H2,(H,13,14). The highest BCUT2D eigenvalue weighted by molar-refractivity contribution is 8.00. The van der Waals surface area contributed by atoms with Gasteiger partial charge in [0, 0.05) is 10.5 Å². The molecule has 1 saturated carbocycles. The smallest absolute Gasteiger partial charge is 0.307 e. The van der Waals surface area contributed by atoms with Crippen LogP contribution in [0.15, 0.2) is 0 Å². The number of thioether (sulfide) groups is 1. The van der Waals surface area contributed by atoms with E-state index in [1.807, 2.05) is 11.8 Å². The summed E-state index contributed by atoms with van der Waals surface area (Å²) in [5, 5.41) is 13.5. The highest BCUT2D eigenvalue weighted by Gasteiger charge is 2.34. The zero-order chi connectivity index (χ0) is 10.7. The summed E-state index contributed by atoms with van der Waals surface area (Å²) in [6, 6.07) is 0. The van der Waals surface area contributed by atoms with Gasteiger partial charge in [-0.2, -0.15) is 11.8 Å². The number of nitrogens with one attached hydrogen (secondary N) is 1. The van der Waals surface area contributed by atoms with Gasteiger partial charge in [-0.05, 0) is 38.8 Å². The molecule has 4 heteroatoms. The average Bonchev–Trinajstić information content (AvgIpc) is 2.67. The lowest BCUT2D eigenvalue weighted by atomic mass is 10.1. The lowest BCUT2D eigenvalue weighted by Gasteiger charge is -2.26. The van der Waals surface area contributed by atoms with Crippen LogP contribution in [0.4, 0.5) is 0 Å². The second-order valence-electron chi connectivity index (χ2n) is 4.50. The fraction of sp³-hybridized carbons (Fsp3) is 0.909. The molecule has 1 saturated heterocycles. The number of piperidine rings is 1. The molecule has 2 rings (SSSR count). The van der Waals surface area contributed by atoms with Crippen molar-refractivity contribution in [3.05, 3.63) is 0 Å². The van der Waals surface area contributed by atoms with Crippen LogP contribution in [0.1, 0.15) is 32.1 Å². The summed E-state index contributed by atoms with van der Waals surface area (Å²) < 4.78 is 0. The van der Waals surface area contributed by atoms with Crippen molar-refractivity contribution in [2.45, 2.75) is 42.6 Å². The third kappa shape index (κ3) is 2.88. The van der Waals surface area contributed by atoms with Crippen molar-refractivity contribution in [1.82, 2.24) is 5.32 Å². The number of rotatable bonds is 3. The summed E-state index contributed by atoms with van der Waals surface area (Å²) in [6.45, 7) is 2.20. The number of carbonyl (C=O) groups is 1. The molecule has 0 amide bonds. The maximum atomic E-state index is 11.0. The third-order valence-electron chi connectivity index (χ3n) is 3.42. The van der Waals surface area contributed by atoms with Gasteiger partial charge in [-0.3, -0.25) is 4.79 Å². The van der Waals surface area contributed by atoms with Crippen LogP contribution in [0.5, 0.6) is 0 Å². The van der Waals surface area contributed by atoms with E-state index < -0.39 is 5.97 Å². The average molecular weight is 229 g/mol. The minimum absolute atomic E-state index is 0.0788. The molecule has 86 valence electrons. The molecule has 0 aromatic carbocycles. The first-order chi connectivity index (χ1) is 7.27. The minimum atomic E-state index is -0.584.